The van der Waals surface area contributed by atoms with E-state index in [-0.39, 0.29) is 30.7 Å². The highest BCUT2D eigenvalue weighted by atomic mass is 19.1. The van der Waals surface area contributed by atoms with Crippen LogP contribution in [0.2, 0.25) is 0 Å². The fourth-order valence-corrected chi connectivity index (χ4v) is 3.87. The second-order valence-electron chi connectivity index (χ2n) is 10.1. The van der Waals surface area contributed by atoms with Gasteiger partial charge in [-0.05, 0) is 49.2 Å². The predicted octanol–water partition coefficient (Wildman–Crippen LogP) is 5.69. The number of halogens is 2. The Hall–Kier alpha value is -4.26. The number of aromatic carboxylic acids is 1. The van der Waals surface area contributed by atoms with Crippen molar-refractivity contribution in [2.75, 3.05) is 40.8 Å². The van der Waals surface area contributed by atoms with Crippen LogP contribution in [0.25, 0.3) is 0 Å². The van der Waals surface area contributed by atoms with E-state index in [1.54, 1.807) is 30.3 Å². The second-order valence-corrected chi connectivity index (χ2v) is 10.1. The van der Waals surface area contributed by atoms with E-state index < -0.39 is 37.4 Å². The molecule has 0 saturated heterocycles. The van der Waals surface area contributed by atoms with Gasteiger partial charge in [0.1, 0.15) is 50.1 Å². The standard InChI is InChI=1S/C17H24FNO4.C9H9FO3.C8H17NO2/c1-3-4-5-9-15(17(21)22-2)19-16(20)13-7-6-8-14(12-13)23-11-10-18;10-4-5-13-8-3-1-2-7(6-8)9(11)12;1-3-4-5-6-7(9)8(10)11-2/h6-8,12,15H,3-5,9-11H2,1-2H3,(H,19,20);1-3,6H,4-5H2,(H,11,12);7H,3-6,9H2,1-2H3/t15-;;7-/m0.0/s1. The van der Waals surface area contributed by atoms with Crippen molar-refractivity contribution in [2.24, 2.45) is 5.73 Å². The first-order chi connectivity index (χ1) is 22.6. The van der Waals surface area contributed by atoms with Gasteiger partial charge in [-0.1, -0.05) is 64.5 Å². The van der Waals surface area contributed by atoms with Gasteiger partial charge in [-0.3, -0.25) is 9.59 Å². The van der Waals surface area contributed by atoms with Crippen LogP contribution < -0.4 is 20.5 Å². The lowest BCUT2D eigenvalue weighted by molar-refractivity contribution is -0.143. The van der Waals surface area contributed by atoms with Gasteiger partial charge < -0.3 is 35.1 Å². The van der Waals surface area contributed by atoms with E-state index in [0.29, 0.717) is 23.5 Å². The largest absolute Gasteiger partial charge is 0.491 e. The molecule has 0 saturated carbocycles. The van der Waals surface area contributed by atoms with Crippen LogP contribution in [0.1, 0.15) is 85.9 Å². The molecule has 13 heteroatoms. The summed E-state index contributed by atoms with van der Waals surface area (Å²) in [7, 11) is 2.66. The minimum Gasteiger partial charge on any atom is -0.491 e. The zero-order valence-corrected chi connectivity index (χ0v) is 27.8. The van der Waals surface area contributed by atoms with Crippen LogP contribution in [-0.2, 0) is 19.1 Å². The van der Waals surface area contributed by atoms with E-state index in [9.17, 15) is 28.0 Å². The van der Waals surface area contributed by atoms with Gasteiger partial charge in [-0.25, -0.2) is 18.4 Å². The summed E-state index contributed by atoms with van der Waals surface area (Å²) >= 11 is 0. The average molecular weight is 669 g/mol. The average Bonchev–Trinajstić information content (AvgIpc) is 3.09. The van der Waals surface area contributed by atoms with E-state index >= 15 is 0 Å². The highest BCUT2D eigenvalue weighted by Gasteiger charge is 2.22. The van der Waals surface area contributed by atoms with Gasteiger partial charge in [0.2, 0.25) is 0 Å². The Labute approximate surface area is 276 Å². The summed E-state index contributed by atoms with van der Waals surface area (Å²) in [5.74, 6) is -1.39. The number of benzene rings is 2. The van der Waals surface area contributed by atoms with E-state index in [4.69, 9.17) is 25.1 Å². The zero-order valence-electron chi connectivity index (χ0n) is 27.8. The SMILES string of the molecule is CCCCC[C@H](N)C(=O)OC.CCCCC[C@H](NC(=O)c1cccc(OCCF)c1)C(=O)OC.O=C(O)c1cccc(OCCF)c1. The molecule has 2 atom stereocenters. The lowest BCUT2D eigenvalue weighted by Crippen LogP contribution is -2.41. The molecule has 2 aromatic rings. The third-order valence-corrected chi connectivity index (χ3v) is 6.38. The van der Waals surface area contributed by atoms with Gasteiger partial charge in [0.15, 0.2) is 0 Å². The number of nitrogens with two attached hydrogens (primary N) is 1. The van der Waals surface area contributed by atoms with Crippen molar-refractivity contribution >= 4 is 23.8 Å². The Morgan fingerprint density at radius 3 is 1.72 bits per heavy atom. The molecule has 0 aliphatic rings. The normalized spacial score (nSPS) is 11.3. The van der Waals surface area contributed by atoms with Crippen molar-refractivity contribution in [3.8, 4) is 11.5 Å². The maximum absolute atomic E-state index is 12.3. The Balaban J connectivity index is 0.000000744. The smallest absolute Gasteiger partial charge is 0.335 e. The first-order valence-corrected chi connectivity index (χ1v) is 15.6. The number of carbonyl (C=O) groups is 4. The number of hydrogen-bond donors (Lipinski definition) is 3. The number of methoxy groups -OCH3 is 2. The molecule has 47 heavy (non-hydrogen) atoms. The molecule has 0 spiro atoms. The number of esters is 2. The van der Waals surface area contributed by atoms with E-state index in [2.05, 4.69) is 23.9 Å². The minimum absolute atomic E-state index is 0.0525. The van der Waals surface area contributed by atoms with Crippen LogP contribution in [0, 0.1) is 0 Å². The Morgan fingerprint density at radius 2 is 1.26 bits per heavy atom. The summed E-state index contributed by atoms with van der Waals surface area (Å²) in [5.41, 5.74) is 5.98. The van der Waals surface area contributed by atoms with Gasteiger partial charge in [-0.15, -0.1) is 0 Å². The molecule has 0 heterocycles. The zero-order chi connectivity index (χ0) is 35.5. The number of carboxylic acid groups (broad SMARTS) is 1. The summed E-state index contributed by atoms with van der Waals surface area (Å²) < 4.78 is 43.1. The molecule has 264 valence electrons. The summed E-state index contributed by atoms with van der Waals surface area (Å²) in [4.78, 5) is 45.3. The molecule has 0 fully saturated rings. The van der Waals surface area contributed by atoms with Crippen molar-refractivity contribution in [1.29, 1.82) is 0 Å². The molecule has 0 radical (unpaired) electrons. The number of carbonyl (C=O) groups excluding carboxylic acids is 3. The van der Waals surface area contributed by atoms with Crippen LogP contribution in [0.5, 0.6) is 11.5 Å². The Bertz CT molecular complexity index is 1180. The number of hydrogen-bond acceptors (Lipinski definition) is 9. The van der Waals surface area contributed by atoms with Crippen molar-refractivity contribution in [1.82, 2.24) is 5.32 Å². The van der Waals surface area contributed by atoms with Crippen molar-refractivity contribution < 1.29 is 52.0 Å². The van der Waals surface area contributed by atoms with E-state index in [1.807, 2.05) is 0 Å². The summed E-state index contributed by atoms with van der Waals surface area (Å²) in [6, 6.07) is 11.3. The molecule has 0 aliphatic carbocycles. The maximum Gasteiger partial charge on any atom is 0.335 e. The number of amides is 1. The van der Waals surface area contributed by atoms with E-state index in [0.717, 1.165) is 44.9 Å². The lowest BCUT2D eigenvalue weighted by atomic mass is 10.1. The second kappa shape index (κ2) is 26.9. The summed E-state index contributed by atoms with van der Waals surface area (Å²) in [5, 5.41) is 11.3. The predicted molar refractivity (Wildman–Crippen MR) is 174 cm³/mol. The van der Waals surface area contributed by atoms with E-state index in [1.165, 1.54) is 32.4 Å². The van der Waals surface area contributed by atoms with Crippen LogP contribution in [0.3, 0.4) is 0 Å². The summed E-state index contributed by atoms with van der Waals surface area (Å²) in [6.07, 6.45) is 7.39. The topological polar surface area (TPSA) is 163 Å². The van der Waals surface area contributed by atoms with Gasteiger partial charge in [0, 0.05) is 5.56 Å². The highest BCUT2D eigenvalue weighted by molar-refractivity contribution is 5.97. The Kier molecular flexibility index (Phi) is 24.5. The fourth-order valence-electron chi connectivity index (χ4n) is 3.87. The number of alkyl halides is 2. The fraction of sp³-hybridized carbons (Fsp3) is 0.529. The molecular weight excluding hydrogens is 618 g/mol. The molecular formula is C34H50F2N2O9. The van der Waals surface area contributed by atoms with Crippen LogP contribution in [0.4, 0.5) is 8.78 Å². The first kappa shape index (κ1) is 42.7. The van der Waals surface area contributed by atoms with Gasteiger partial charge >= 0.3 is 17.9 Å². The van der Waals surface area contributed by atoms with Crippen molar-refractivity contribution in [3.05, 3.63) is 59.7 Å². The number of carboxylic acids is 1. The van der Waals surface area contributed by atoms with Gasteiger partial charge in [0.25, 0.3) is 5.91 Å². The third kappa shape index (κ3) is 19.8. The number of unbranched alkanes of at least 4 members (excludes halogenated alkanes) is 4. The van der Waals surface area contributed by atoms with Crippen LogP contribution in [0.15, 0.2) is 48.5 Å². The monoisotopic (exact) mass is 668 g/mol. The molecule has 11 nitrogen and oxygen atoms in total. The van der Waals surface area contributed by atoms with Gasteiger partial charge in [0.05, 0.1) is 19.8 Å². The number of nitrogens with one attached hydrogen (secondary N) is 1. The molecule has 2 rings (SSSR count). The highest BCUT2D eigenvalue weighted by Crippen LogP contribution is 2.15. The van der Waals surface area contributed by atoms with Crippen molar-refractivity contribution in [3.63, 3.8) is 0 Å². The van der Waals surface area contributed by atoms with Crippen molar-refractivity contribution in [2.45, 2.75) is 77.3 Å². The summed E-state index contributed by atoms with van der Waals surface area (Å²) in [6.45, 7) is 2.88. The van der Waals surface area contributed by atoms with Crippen LogP contribution in [-0.4, -0.2) is 81.8 Å². The van der Waals surface area contributed by atoms with Gasteiger partial charge in [-0.2, -0.15) is 0 Å². The molecule has 0 unspecified atom stereocenters. The minimum atomic E-state index is -1.02. The van der Waals surface area contributed by atoms with Crippen LogP contribution >= 0.6 is 0 Å². The third-order valence-electron chi connectivity index (χ3n) is 6.38. The molecule has 0 aliphatic heterocycles. The molecule has 4 N–H and O–H groups in total. The first-order valence-electron chi connectivity index (χ1n) is 15.6. The maximum atomic E-state index is 12.3. The number of ether oxygens (including phenoxy) is 4. The molecule has 1 amide bonds. The Morgan fingerprint density at radius 1 is 0.766 bits per heavy atom. The molecule has 2 aromatic carbocycles. The molecule has 0 bridgehead atoms. The lowest BCUT2D eigenvalue weighted by Gasteiger charge is -2.16. The molecule has 0 aromatic heterocycles. The number of rotatable bonds is 19. The quantitative estimate of drug-likeness (QED) is 0.125.